The Bertz CT molecular complexity index is 669. The first kappa shape index (κ1) is 10.5. The van der Waals surface area contributed by atoms with Crippen molar-refractivity contribution in [2.45, 2.75) is 13.8 Å². The van der Waals surface area contributed by atoms with Crippen molar-refractivity contribution in [3.8, 4) is 11.8 Å². The van der Waals surface area contributed by atoms with Crippen LogP contribution in [-0.4, -0.2) is 4.57 Å². The van der Waals surface area contributed by atoms with Gasteiger partial charge in [0.05, 0.1) is 5.39 Å². The van der Waals surface area contributed by atoms with Crippen LogP contribution in [-0.2, 0) is 7.05 Å². The maximum absolute atomic E-state index is 12.0. The van der Waals surface area contributed by atoms with Gasteiger partial charge in [-0.3, -0.25) is 4.79 Å². The minimum atomic E-state index is 0.0368. The topological polar surface area (TPSA) is 22.0 Å². The molecule has 16 heavy (non-hydrogen) atoms. The van der Waals surface area contributed by atoms with Crippen LogP contribution in [0.15, 0.2) is 29.2 Å². The lowest BCUT2D eigenvalue weighted by molar-refractivity contribution is 0.870. The van der Waals surface area contributed by atoms with E-state index in [0.29, 0.717) is 0 Å². The number of hydrogen-bond donors (Lipinski definition) is 0. The first-order chi connectivity index (χ1) is 7.65. The van der Waals surface area contributed by atoms with Crippen molar-refractivity contribution in [1.29, 1.82) is 0 Å². The number of aryl methyl sites for hydroxylation is 2. The van der Waals surface area contributed by atoms with Crippen molar-refractivity contribution in [2.24, 2.45) is 7.05 Å². The lowest BCUT2D eigenvalue weighted by Gasteiger charge is -2.06. The van der Waals surface area contributed by atoms with E-state index in [1.807, 2.05) is 25.1 Å². The number of hydrogen-bond acceptors (Lipinski definition) is 1. The van der Waals surface area contributed by atoms with E-state index in [2.05, 4.69) is 11.8 Å². The summed E-state index contributed by atoms with van der Waals surface area (Å²) < 4.78 is 1.59. The molecule has 0 spiro atoms. The van der Waals surface area contributed by atoms with Crippen molar-refractivity contribution >= 4 is 10.8 Å². The van der Waals surface area contributed by atoms with E-state index in [1.165, 1.54) is 0 Å². The SMILES string of the molecule is CC#Cc1cn(C)c(=O)c2c(C)cccc12. The zero-order chi connectivity index (χ0) is 11.7. The molecule has 0 aliphatic carbocycles. The van der Waals surface area contributed by atoms with Gasteiger partial charge in [0.1, 0.15) is 0 Å². The number of pyridine rings is 1. The molecule has 2 nitrogen and oxygen atoms in total. The van der Waals surface area contributed by atoms with Gasteiger partial charge in [0.15, 0.2) is 0 Å². The summed E-state index contributed by atoms with van der Waals surface area (Å²) in [4.78, 5) is 12.0. The Hall–Kier alpha value is -2.01. The molecule has 80 valence electrons. The molecule has 1 heterocycles. The zero-order valence-electron chi connectivity index (χ0n) is 9.66. The Morgan fingerprint density at radius 1 is 1.31 bits per heavy atom. The fraction of sp³-hybridized carbons (Fsp3) is 0.214. The third-order valence-electron chi connectivity index (χ3n) is 2.68. The van der Waals surface area contributed by atoms with Gasteiger partial charge in [-0.1, -0.05) is 24.1 Å². The van der Waals surface area contributed by atoms with Crippen LogP contribution in [0.4, 0.5) is 0 Å². The molecule has 0 aliphatic heterocycles. The van der Waals surface area contributed by atoms with Crippen LogP contribution in [0, 0.1) is 18.8 Å². The highest BCUT2D eigenvalue weighted by atomic mass is 16.1. The van der Waals surface area contributed by atoms with Crippen LogP contribution in [0.1, 0.15) is 18.1 Å². The number of aromatic nitrogens is 1. The van der Waals surface area contributed by atoms with E-state index < -0.39 is 0 Å². The quantitative estimate of drug-likeness (QED) is 0.612. The van der Waals surface area contributed by atoms with E-state index in [-0.39, 0.29) is 5.56 Å². The molecule has 2 rings (SSSR count). The second-order valence-corrected chi connectivity index (χ2v) is 3.83. The third-order valence-corrected chi connectivity index (χ3v) is 2.68. The molecule has 0 aliphatic rings. The average molecular weight is 211 g/mol. The van der Waals surface area contributed by atoms with E-state index in [9.17, 15) is 4.79 Å². The summed E-state index contributed by atoms with van der Waals surface area (Å²) >= 11 is 0. The molecule has 1 aromatic carbocycles. The number of nitrogens with zero attached hydrogens (tertiary/aromatic N) is 1. The monoisotopic (exact) mass is 211 g/mol. The Morgan fingerprint density at radius 2 is 2.06 bits per heavy atom. The first-order valence-electron chi connectivity index (χ1n) is 5.17. The maximum atomic E-state index is 12.0. The van der Waals surface area contributed by atoms with Gasteiger partial charge < -0.3 is 4.57 Å². The predicted octanol–water partition coefficient (Wildman–Crippen LogP) is 2.22. The molecule has 0 atom stereocenters. The van der Waals surface area contributed by atoms with Crippen molar-refractivity contribution < 1.29 is 0 Å². The number of fused-ring (bicyclic) bond motifs is 1. The minimum Gasteiger partial charge on any atom is -0.317 e. The summed E-state index contributed by atoms with van der Waals surface area (Å²) in [5, 5.41) is 1.71. The highest BCUT2D eigenvalue weighted by molar-refractivity contribution is 5.89. The Morgan fingerprint density at radius 3 is 2.75 bits per heavy atom. The molecule has 0 bridgehead atoms. The second-order valence-electron chi connectivity index (χ2n) is 3.83. The van der Waals surface area contributed by atoms with Gasteiger partial charge in [-0.25, -0.2) is 0 Å². The zero-order valence-corrected chi connectivity index (χ0v) is 9.66. The van der Waals surface area contributed by atoms with E-state index in [4.69, 9.17) is 0 Å². The van der Waals surface area contributed by atoms with Crippen molar-refractivity contribution in [3.05, 3.63) is 45.9 Å². The van der Waals surface area contributed by atoms with E-state index >= 15 is 0 Å². The van der Waals surface area contributed by atoms with E-state index in [1.54, 1.807) is 24.7 Å². The summed E-state index contributed by atoms with van der Waals surface area (Å²) in [6.07, 6.45) is 1.79. The molecule has 2 aromatic rings. The maximum Gasteiger partial charge on any atom is 0.258 e. The molecular formula is C14H13NO. The summed E-state index contributed by atoms with van der Waals surface area (Å²) in [7, 11) is 1.76. The molecule has 0 fully saturated rings. The summed E-state index contributed by atoms with van der Waals surface area (Å²) in [5.74, 6) is 5.91. The fourth-order valence-corrected chi connectivity index (χ4v) is 1.91. The van der Waals surface area contributed by atoms with Crippen molar-refractivity contribution in [1.82, 2.24) is 4.57 Å². The largest absolute Gasteiger partial charge is 0.317 e. The van der Waals surface area contributed by atoms with Gasteiger partial charge in [0.2, 0.25) is 0 Å². The Kier molecular flexibility index (Phi) is 2.54. The molecule has 0 saturated heterocycles. The van der Waals surface area contributed by atoms with Crippen LogP contribution in [0.2, 0.25) is 0 Å². The molecular weight excluding hydrogens is 198 g/mol. The van der Waals surface area contributed by atoms with Gasteiger partial charge in [-0.2, -0.15) is 0 Å². The van der Waals surface area contributed by atoms with Crippen LogP contribution in [0.3, 0.4) is 0 Å². The molecule has 0 radical (unpaired) electrons. The molecule has 0 N–H and O–H groups in total. The first-order valence-corrected chi connectivity index (χ1v) is 5.17. The average Bonchev–Trinajstić information content (AvgIpc) is 2.25. The number of benzene rings is 1. The normalized spacial score (nSPS) is 9.94. The van der Waals surface area contributed by atoms with Gasteiger partial charge in [-0.15, -0.1) is 5.92 Å². The second kappa shape index (κ2) is 3.86. The summed E-state index contributed by atoms with van der Waals surface area (Å²) in [6.45, 7) is 3.75. The molecule has 0 unspecified atom stereocenters. The highest BCUT2D eigenvalue weighted by Crippen LogP contribution is 2.17. The highest BCUT2D eigenvalue weighted by Gasteiger charge is 2.07. The van der Waals surface area contributed by atoms with E-state index in [0.717, 1.165) is 21.9 Å². The lowest BCUT2D eigenvalue weighted by Crippen LogP contribution is -2.17. The summed E-state index contributed by atoms with van der Waals surface area (Å²) in [6, 6.07) is 5.86. The summed E-state index contributed by atoms with van der Waals surface area (Å²) in [5.41, 5.74) is 1.94. The van der Waals surface area contributed by atoms with Gasteiger partial charge in [-0.05, 0) is 19.4 Å². The predicted molar refractivity (Wildman–Crippen MR) is 66.5 cm³/mol. The molecule has 1 aromatic heterocycles. The lowest BCUT2D eigenvalue weighted by atomic mass is 10.0. The van der Waals surface area contributed by atoms with Gasteiger partial charge >= 0.3 is 0 Å². The van der Waals surface area contributed by atoms with Crippen LogP contribution < -0.4 is 5.56 Å². The minimum absolute atomic E-state index is 0.0368. The Balaban J connectivity index is 3.05. The molecule has 0 amide bonds. The third kappa shape index (κ3) is 1.51. The fourth-order valence-electron chi connectivity index (χ4n) is 1.91. The van der Waals surface area contributed by atoms with Gasteiger partial charge in [0.25, 0.3) is 5.56 Å². The number of rotatable bonds is 0. The smallest absolute Gasteiger partial charge is 0.258 e. The standard InChI is InChI=1S/C14H13NO/c1-4-6-11-9-15(3)14(16)13-10(2)7-5-8-12(11)13/h5,7-9H,1-3H3. The van der Waals surface area contributed by atoms with Crippen LogP contribution >= 0.6 is 0 Å². The van der Waals surface area contributed by atoms with Gasteiger partial charge in [0, 0.05) is 24.2 Å². The molecule has 2 heteroatoms. The van der Waals surface area contributed by atoms with Crippen LogP contribution in [0.25, 0.3) is 10.8 Å². The van der Waals surface area contributed by atoms with Crippen molar-refractivity contribution in [2.75, 3.05) is 0 Å². The Labute approximate surface area is 94.5 Å². The van der Waals surface area contributed by atoms with Crippen molar-refractivity contribution in [3.63, 3.8) is 0 Å². The molecule has 0 saturated carbocycles. The van der Waals surface area contributed by atoms with Crippen LogP contribution in [0.5, 0.6) is 0 Å².